The third kappa shape index (κ3) is 7.30. The van der Waals surface area contributed by atoms with Crippen LogP contribution in [0.2, 0.25) is 0 Å². The van der Waals surface area contributed by atoms with Crippen molar-refractivity contribution in [2.75, 3.05) is 6.61 Å². The first-order valence-corrected chi connectivity index (χ1v) is 12.3. The summed E-state index contributed by atoms with van der Waals surface area (Å²) in [5.41, 5.74) is 0. The zero-order chi connectivity index (χ0) is 21.2. The molecule has 168 valence electrons. The lowest BCUT2D eigenvalue weighted by molar-refractivity contribution is -0.218. The molecule has 1 aromatic rings. The molecule has 0 amide bonds. The molecular formula is C26H40O4. The molecule has 0 radical (unpaired) electrons. The van der Waals surface area contributed by atoms with Crippen LogP contribution in [0.4, 0.5) is 0 Å². The molecule has 2 saturated carbocycles. The molecule has 0 N–H and O–H groups in total. The van der Waals surface area contributed by atoms with Gasteiger partial charge in [0.25, 0.3) is 0 Å². The van der Waals surface area contributed by atoms with Crippen molar-refractivity contribution in [2.24, 2.45) is 23.7 Å². The van der Waals surface area contributed by atoms with E-state index < -0.39 is 0 Å². The normalized spacial score (nSPS) is 26.9. The quantitative estimate of drug-likeness (QED) is 0.176. The Hall–Kier alpha value is -1.55. The number of esters is 1. The monoisotopic (exact) mass is 416 g/mol. The molecule has 0 aromatic heterocycles. The zero-order valence-corrected chi connectivity index (χ0v) is 18.9. The summed E-state index contributed by atoms with van der Waals surface area (Å²) in [6, 6.07) is 7.18. The molecular weight excluding hydrogens is 376 g/mol. The minimum absolute atomic E-state index is 0.0461. The summed E-state index contributed by atoms with van der Waals surface area (Å²) in [4.78, 5) is 23.4. The van der Waals surface area contributed by atoms with E-state index in [0.29, 0.717) is 24.0 Å². The van der Waals surface area contributed by atoms with Crippen LogP contribution in [0, 0.1) is 23.7 Å². The van der Waals surface area contributed by atoms with Gasteiger partial charge in [0.15, 0.2) is 5.75 Å². The Labute approximate surface area is 182 Å². The van der Waals surface area contributed by atoms with Gasteiger partial charge in [-0.15, -0.1) is 0 Å². The molecule has 1 aromatic carbocycles. The predicted molar refractivity (Wildman–Crippen MR) is 119 cm³/mol. The number of carbonyl (C=O) groups excluding carboxylic acids is 1. The van der Waals surface area contributed by atoms with Crippen molar-refractivity contribution < 1.29 is 19.3 Å². The molecule has 2 aliphatic rings. The Morgan fingerprint density at radius 3 is 1.83 bits per heavy atom. The molecule has 0 spiro atoms. The lowest BCUT2D eigenvalue weighted by Gasteiger charge is -2.27. The average molecular weight is 417 g/mol. The molecule has 0 heterocycles. The summed E-state index contributed by atoms with van der Waals surface area (Å²) in [5.74, 6) is 3.49. The van der Waals surface area contributed by atoms with Gasteiger partial charge in [0, 0.05) is 0 Å². The number of ether oxygens (including phenoxy) is 1. The van der Waals surface area contributed by atoms with E-state index in [4.69, 9.17) is 14.5 Å². The van der Waals surface area contributed by atoms with Gasteiger partial charge in [0.05, 0.1) is 12.5 Å². The van der Waals surface area contributed by atoms with E-state index in [9.17, 15) is 4.79 Å². The summed E-state index contributed by atoms with van der Waals surface area (Å²) in [7, 11) is 0. The Morgan fingerprint density at radius 1 is 0.767 bits per heavy atom. The van der Waals surface area contributed by atoms with Gasteiger partial charge in [0.2, 0.25) is 0 Å². The van der Waals surface area contributed by atoms with Gasteiger partial charge in [-0.05, 0) is 80.5 Å². The first kappa shape index (κ1) is 23.1. The van der Waals surface area contributed by atoms with Crippen LogP contribution in [0.3, 0.4) is 0 Å². The molecule has 4 nitrogen and oxygen atoms in total. The molecule has 0 unspecified atom stereocenters. The highest BCUT2D eigenvalue weighted by Crippen LogP contribution is 2.33. The summed E-state index contributed by atoms with van der Waals surface area (Å²) in [5, 5.41) is 0. The van der Waals surface area contributed by atoms with Crippen LogP contribution in [0.15, 0.2) is 24.3 Å². The molecule has 2 fully saturated rings. The molecule has 30 heavy (non-hydrogen) atoms. The van der Waals surface area contributed by atoms with Crippen molar-refractivity contribution in [3.63, 3.8) is 0 Å². The van der Waals surface area contributed by atoms with Gasteiger partial charge in [-0.2, -0.15) is 4.89 Å². The molecule has 2 aliphatic carbocycles. The summed E-state index contributed by atoms with van der Waals surface area (Å²) in [6.07, 6.45) is 14.5. The fourth-order valence-corrected chi connectivity index (χ4v) is 5.15. The van der Waals surface area contributed by atoms with Gasteiger partial charge in [-0.1, -0.05) is 52.4 Å². The molecule has 3 rings (SSSR count). The minimum Gasteiger partial charge on any atom is -0.426 e. The summed E-state index contributed by atoms with van der Waals surface area (Å²) >= 11 is 0. The van der Waals surface area contributed by atoms with Crippen molar-refractivity contribution in [3.05, 3.63) is 24.3 Å². The van der Waals surface area contributed by atoms with Crippen molar-refractivity contribution in [1.82, 2.24) is 0 Å². The van der Waals surface area contributed by atoms with E-state index in [1.807, 2.05) is 0 Å². The van der Waals surface area contributed by atoms with Crippen LogP contribution in [-0.4, -0.2) is 12.6 Å². The highest BCUT2D eigenvalue weighted by Gasteiger charge is 2.27. The number of rotatable bonds is 10. The highest BCUT2D eigenvalue weighted by atomic mass is 17.2. The third-order valence-corrected chi connectivity index (χ3v) is 7.04. The average Bonchev–Trinajstić information content (AvgIpc) is 2.77. The Morgan fingerprint density at radius 2 is 1.27 bits per heavy atom. The highest BCUT2D eigenvalue weighted by molar-refractivity contribution is 5.75. The SMILES string of the molecule is CCCC1CCC(COOc2ccc(OC(=O)C3CCC(CCC)CC3)cc2)CC1. The molecule has 0 bridgehead atoms. The maximum absolute atomic E-state index is 12.4. The van der Waals surface area contributed by atoms with E-state index in [1.165, 1.54) is 51.4 Å². The minimum atomic E-state index is -0.0893. The third-order valence-electron chi connectivity index (χ3n) is 7.04. The smallest absolute Gasteiger partial charge is 0.314 e. The number of benzene rings is 1. The van der Waals surface area contributed by atoms with Crippen molar-refractivity contribution in [3.8, 4) is 11.5 Å². The van der Waals surface area contributed by atoms with Gasteiger partial charge in [-0.25, -0.2) is 0 Å². The van der Waals surface area contributed by atoms with Crippen LogP contribution in [0.5, 0.6) is 11.5 Å². The Kier molecular flexibility index (Phi) is 9.51. The standard InChI is InChI=1S/C26H40O4/c1-3-5-20-7-9-22(10-8-20)19-28-30-25-17-15-24(16-18-25)29-26(27)23-13-11-21(6-4-2)12-14-23/h15-18,20-23H,3-14,19H2,1-2H3. The van der Waals surface area contributed by atoms with Crippen molar-refractivity contribution in [1.29, 1.82) is 0 Å². The molecule has 0 saturated heterocycles. The second-order valence-electron chi connectivity index (χ2n) is 9.44. The van der Waals surface area contributed by atoms with Gasteiger partial charge in [-0.3, -0.25) is 4.79 Å². The van der Waals surface area contributed by atoms with Gasteiger partial charge < -0.3 is 9.62 Å². The molecule has 4 heteroatoms. The molecule has 0 aliphatic heterocycles. The van der Waals surface area contributed by atoms with Crippen molar-refractivity contribution >= 4 is 5.97 Å². The number of hydrogen-bond donors (Lipinski definition) is 0. The van der Waals surface area contributed by atoms with Crippen LogP contribution >= 0.6 is 0 Å². The van der Waals surface area contributed by atoms with Crippen LogP contribution < -0.4 is 9.62 Å². The van der Waals surface area contributed by atoms with E-state index >= 15 is 0 Å². The van der Waals surface area contributed by atoms with E-state index in [0.717, 1.165) is 37.5 Å². The van der Waals surface area contributed by atoms with Gasteiger partial charge >= 0.3 is 5.97 Å². The van der Waals surface area contributed by atoms with E-state index in [1.54, 1.807) is 24.3 Å². The largest absolute Gasteiger partial charge is 0.426 e. The van der Waals surface area contributed by atoms with Crippen LogP contribution in [-0.2, 0) is 9.68 Å². The van der Waals surface area contributed by atoms with Gasteiger partial charge in [0.1, 0.15) is 5.75 Å². The maximum Gasteiger partial charge on any atom is 0.314 e. The number of carbonyl (C=O) groups is 1. The maximum atomic E-state index is 12.4. The fourth-order valence-electron chi connectivity index (χ4n) is 5.15. The Bertz CT molecular complexity index is 610. The lowest BCUT2D eigenvalue weighted by atomic mass is 9.80. The first-order chi connectivity index (χ1) is 14.7. The lowest BCUT2D eigenvalue weighted by Crippen LogP contribution is -2.25. The second-order valence-corrected chi connectivity index (χ2v) is 9.44. The van der Waals surface area contributed by atoms with Crippen LogP contribution in [0.25, 0.3) is 0 Å². The molecule has 0 atom stereocenters. The van der Waals surface area contributed by atoms with Crippen molar-refractivity contribution in [2.45, 2.75) is 90.9 Å². The van der Waals surface area contributed by atoms with E-state index in [-0.39, 0.29) is 11.9 Å². The first-order valence-electron chi connectivity index (χ1n) is 12.3. The topological polar surface area (TPSA) is 44.8 Å². The van der Waals surface area contributed by atoms with Crippen LogP contribution in [0.1, 0.15) is 90.9 Å². The fraction of sp³-hybridized carbons (Fsp3) is 0.731. The summed E-state index contributed by atoms with van der Waals surface area (Å²) in [6.45, 7) is 5.15. The zero-order valence-electron chi connectivity index (χ0n) is 18.9. The second kappa shape index (κ2) is 12.3. The number of hydrogen-bond acceptors (Lipinski definition) is 4. The summed E-state index contributed by atoms with van der Waals surface area (Å²) < 4.78 is 5.60. The van der Waals surface area contributed by atoms with E-state index in [2.05, 4.69) is 13.8 Å². The Balaban J connectivity index is 1.33. The predicted octanol–water partition coefficient (Wildman–Crippen LogP) is 7.12.